The van der Waals surface area contributed by atoms with Crippen molar-refractivity contribution in [3.63, 3.8) is 0 Å². The summed E-state index contributed by atoms with van der Waals surface area (Å²) < 4.78 is 0. The van der Waals surface area contributed by atoms with Crippen LogP contribution in [0.2, 0.25) is 0 Å². The van der Waals surface area contributed by atoms with Gasteiger partial charge in [0.1, 0.15) is 0 Å². The number of carbonyl (C=O) groups excluding carboxylic acids is 4. The molecule has 491 valence electrons. The Balaban J connectivity index is -0.000000233. The maximum absolute atomic E-state index is 10.2. The van der Waals surface area contributed by atoms with Crippen LogP contribution in [-0.4, -0.2) is 23.9 Å². The fraction of sp³-hybridized carbons (Fsp3) is 0.944. The molecule has 0 spiro atoms. The predicted octanol–water partition coefficient (Wildman–Crippen LogP) is 20.0. The summed E-state index contributed by atoms with van der Waals surface area (Å²) in [5.74, 6) is -3.61. The number of aliphatic carboxylic acids is 4. The van der Waals surface area contributed by atoms with E-state index in [4.69, 9.17) is 0 Å². The third-order valence-corrected chi connectivity index (χ3v) is 15.9. The van der Waals surface area contributed by atoms with Crippen molar-refractivity contribution < 1.29 is 73.7 Å². The Morgan fingerprint density at radius 3 is 0.317 bits per heavy atom. The van der Waals surface area contributed by atoms with Crippen molar-refractivity contribution >= 4 is 23.9 Å². The van der Waals surface area contributed by atoms with Crippen LogP contribution in [-0.2, 0) is 53.3 Å². The van der Waals surface area contributed by atoms with E-state index in [-0.39, 0.29) is 59.8 Å². The van der Waals surface area contributed by atoms with Gasteiger partial charge >= 0.3 is 34.1 Å². The molecule has 0 aromatic rings. The third-order valence-electron chi connectivity index (χ3n) is 15.9. The molecule has 0 N–H and O–H groups in total. The Morgan fingerprint density at radius 1 is 0.171 bits per heavy atom. The third kappa shape index (κ3) is 107. The van der Waals surface area contributed by atoms with Crippen molar-refractivity contribution in [2.75, 3.05) is 0 Å². The predicted molar refractivity (Wildman–Crippen MR) is 338 cm³/mol. The second kappa shape index (κ2) is 88.7. The van der Waals surface area contributed by atoms with Gasteiger partial charge in [-0.05, 0) is 51.4 Å². The molecule has 0 heterocycles. The van der Waals surface area contributed by atoms with Gasteiger partial charge in [-0.3, -0.25) is 0 Å². The molecule has 0 aliphatic rings. The zero-order valence-electron chi connectivity index (χ0n) is 55.3. The fourth-order valence-electron chi connectivity index (χ4n) is 10.6. The maximum Gasteiger partial charge on any atom is 2.00 e. The van der Waals surface area contributed by atoms with Crippen LogP contribution < -0.4 is 20.4 Å². The molecule has 0 atom stereocenters. The summed E-state index contributed by atoms with van der Waals surface area (Å²) in [7, 11) is 0. The van der Waals surface area contributed by atoms with E-state index in [2.05, 4.69) is 27.7 Å². The molecule has 0 aliphatic heterocycles. The van der Waals surface area contributed by atoms with Gasteiger partial charge < -0.3 is 39.6 Å². The van der Waals surface area contributed by atoms with Crippen molar-refractivity contribution in [2.24, 2.45) is 0 Å². The van der Waals surface area contributed by atoms with Gasteiger partial charge in [-0.15, -0.1) is 0 Å². The van der Waals surface area contributed by atoms with E-state index >= 15 is 0 Å². The number of rotatable bonds is 64. The van der Waals surface area contributed by atoms with Gasteiger partial charge in [0.15, 0.2) is 0 Å². The summed E-state index contributed by atoms with van der Waals surface area (Å²) in [6.07, 6.45) is 79.4. The van der Waals surface area contributed by atoms with Gasteiger partial charge in [-0.25, -0.2) is 0 Å². The number of carbonyl (C=O) groups is 4. The summed E-state index contributed by atoms with van der Waals surface area (Å²) in [6.45, 7) is 9.07. The van der Waals surface area contributed by atoms with Crippen molar-refractivity contribution in [2.45, 2.75) is 439 Å². The fourth-order valence-corrected chi connectivity index (χ4v) is 10.6. The van der Waals surface area contributed by atoms with E-state index < -0.39 is 23.9 Å². The van der Waals surface area contributed by atoms with Crippen LogP contribution in [0.25, 0.3) is 0 Å². The van der Waals surface area contributed by atoms with Gasteiger partial charge in [-0.2, -0.15) is 0 Å². The molecule has 10 heteroatoms. The molecule has 0 aromatic carbocycles. The van der Waals surface area contributed by atoms with Crippen molar-refractivity contribution in [3.8, 4) is 0 Å². The van der Waals surface area contributed by atoms with E-state index in [1.165, 1.54) is 334 Å². The summed E-state index contributed by atoms with van der Waals surface area (Å²) in [5.41, 5.74) is 0. The monoisotopic (exact) mass is 1240 g/mol. The number of carboxylic acid groups (broad SMARTS) is 4. The summed E-state index contributed by atoms with van der Waals surface area (Å²) in [4.78, 5) is 40.9. The molecule has 0 aliphatic carbocycles. The molecular formula is C72H140FeMnO8. The van der Waals surface area contributed by atoms with E-state index in [1.54, 1.807) is 0 Å². The molecule has 0 rings (SSSR count). The van der Waals surface area contributed by atoms with E-state index in [0.29, 0.717) is 0 Å². The van der Waals surface area contributed by atoms with E-state index in [0.717, 1.165) is 51.4 Å². The topological polar surface area (TPSA) is 161 Å². The minimum Gasteiger partial charge on any atom is -0.550 e. The van der Waals surface area contributed by atoms with Gasteiger partial charge in [0.2, 0.25) is 0 Å². The van der Waals surface area contributed by atoms with Crippen LogP contribution in [0.1, 0.15) is 439 Å². The quantitative estimate of drug-likeness (QED) is 0.0430. The van der Waals surface area contributed by atoms with Gasteiger partial charge in [0.25, 0.3) is 0 Å². The van der Waals surface area contributed by atoms with Gasteiger partial charge in [0, 0.05) is 23.9 Å². The maximum atomic E-state index is 10.2. The minimum atomic E-state index is -0.903. The first-order chi connectivity index (χ1) is 39.1. The number of hydrogen-bond acceptors (Lipinski definition) is 8. The molecule has 0 amide bonds. The Bertz CT molecular complexity index is 998. The number of unbranched alkanes of at least 4 members (excludes halogenated alkanes) is 56. The zero-order chi connectivity index (χ0) is 59.6. The summed E-state index contributed by atoms with van der Waals surface area (Å²) in [5, 5.41) is 40.9. The van der Waals surface area contributed by atoms with Crippen LogP contribution in [0.5, 0.6) is 0 Å². The summed E-state index contributed by atoms with van der Waals surface area (Å²) >= 11 is 0. The molecule has 0 fully saturated rings. The van der Waals surface area contributed by atoms with Crippen LogP contribution in [0.3, 0.4) is 0 Å². The number of carboxylic acids is 4. The molecule has 82 heavy (non-hydrogen) atoms. The van der Waals surface area contributed by atoms with E-state index in [9.17, 15) is 39.6 Å². The summed E-state index contributed by atoms with van der Waals surface area (Å²) in [6, 6.07) is 0. The average Bonchev–Trinajstić information content (AvgIpc) is 3.43. The SMILES string of the molecule is CCCCCCCCCCCCCCCCCC(=O)[O-].CCCCCCCCCCCCCCCCCC(=O)[O-].CCCCCCCCCCCCCCCCCC(=O)[O-].CCCCCCCCCCCCCCCCCC(=O)[O-].[Fe+2].[Mn+2]. The van der Waals surface area contributed by atoms with Gasteiger partial charge in [-0.1, -0.05) is 387 Å². The molecule has 1 radical (unpaired) electrons. The Kier molecular flexibility index (Phi) is 99.6. The molecule has 0 saturated carbocycles. The zero-order valence-corrected chi connectivity index (χ0v) is 57.5. The Labute approximate surface area is 533 Å². The second-order valence-corrected chi connectivity index (χ2v) is 24.3. The molecule has 0 saturated heterocycles. The van der Waals surface area contributed by atoms with Crippen LogP contribution >= 0.6 is 0 Å². The molecule has 0 bridgehead atoms. The second-order valence-electron chi connectivity index (χ2n) is 24.3. The molecule has 8 nitrogen and oxygen atoms in total. The van der Waals surface area contributed by atoms with Crippen molar-refractivity contribution in [3.05, 3.63) is 0 Å². The first kappa shape index (κ1) is 92.1. The van der Waals surface area contributed by atoms with Gasteiger partial charge in [0.05, 0.1) is 0 Å². The molecule has 0 aromatic heterocycles. The number of hydrogen-bond donors (Lipinski definition) is 0. The van der Waals surface area contributed by atoms with Crippen LogP contribution in [0.4, 0.5) is 0 Å². The van der Waals surface area contributed by atoms with Crippen molar-refractivity contribution in [1.29, 1.82) is 0 Å². The average molecular weight is 1240 g/mol. The van der Waals surface area contributed by atoms with Crippen LogP contribution in [0, 0.1) is 0 Å². The molecule has 0 unspecified atom stereocenters. The molecular weight excluding hydrogens is 1100 g/mol. The standard InChI is InChI=1S/4C18H36O2.Fe.Mn/c4*1-2-3-4-5-6-7-8-9-10-11-12-13-14-15-16-17-18(19)20;;/h4*2-17H2,1H3,(H,19,20);;/q;;;;2*+2/p-4. The Hall–Kier alpha value is -1.08. The minimum absolute atomic E-state index is 0. The first-order valence-corrected chi connectivity index (χ1v) is 35.9. The van der Waals surface area contributed by atoms with E-state index in [1.807, 2.05) is 0 Å². The normalized spacial score (nSPS) is 10.6. The largest absolute Gasteiger partial charge is 2.00 e. The smallest absolute Gasteiger partial charge is 0.550 e. The van der Waals surface area contributed by atoms with Crippen LogP contribution in [0.15, 0.2) is 0 Å². The Morgan fingerprint density at radius 2 is 0.244 bits per heavy atom. The first-order valence-electron chi connectivity index (χ1n) is 35.9. The van der Waals surface area contributed by atoms with Crippen molar-refractivity contribution in [1.82, 2.24) is 0 Å².